The highest BCUT2D eigenvalue weighted by Gasteiger charge is 2.21. The third-order valence-corrected chi connectivity index (χ3v) is 4.02. The van der Waals surface area contributed by atoms with Gasteiger partial charge in [-0.15, -0.1) is 0 Å². The molecule has 110 valence electrons. The van der Waals surface area contributed by atoms with Crippen molar-refractivity contribution in [3.63, 3.8) is 0 Å². The molecule has 0 saturated carbocycles. The standard InChI is InChI=1S/C16H12FN3OS/c17-16(20-11-18-10-19-20)15(21)12-6-8-14(9-7-12)22-13-4-2-1-3-5-13/h1-11,16H. The smallest absolute Gasteiger partial charge is 0.255 e. The molecular formula is C16H12FN3OS. The van der Waals surface area contributed by atoms with Crippen LogP contribution in [-0.4, -0.2) is 20.5 Å². The topological polar surface area (TPSA) is 47.8 Å². The van der Waals surface area contributed by atoms with Crippen LogP contribution in [0.15, 0.2) is 77.0 Å². The van der Waals surface area contributed by atoms with Crippen LogP contribution in [0.2, 0.25) is 0 Å². The van der Waals surface area contributed by atoms with E-state index in [0.29, 0.717) is 5.56 Å². The van der Waals surface area contributed by atoms with Gasteiger partial charge in [0.05, 0.1) is 0 Å². The fraction of sp³-hybridized carbons (Fsp3) is 0.0625. The van der Waals surface area contributed by atoms with Crippen LogP contribution in [0.3, 0.4) is 0 Å². The number of nitrogens with zero attached hydrogens (tertiary/aromatic N) is 3. The van der Waals surface area contributed by atoms with Gasteiger partial charge in [0.15, 0.2) is 0 Å². The largest absolute Gasteiger partial charge is 0.289 e. The maximum Gasteiger partial charge on any atom is 0.255 e. The van der Waals surface area contributed by atoms with Crippen LogP contribution in [0.4, 0.5) is 4.39 Å². The van der Waals surface area contributed by atoms with Crippen molar-refractivity contribution < 1.29 is 9.18 Å². The van der Waals surface area contributed by atoms with Gasteiger partial charge in [-0.3, -0.25) is 4.79 Å². The van der Waals surface area contributed by atoms with Gasteiger partial charge in [-0.05, 0) is 24.3 Å². The van der Waals surface area contributed by atoms with Crippen LogP contribution in [-0.2, 0) is 0 Å². The molecule has 0 N–H and O–H groups in total. The Morgan fingerprint density at radius 2 is 1.73 bits per heavy atom. The number of hydrogen-bond donors (Lipinski definition) is 0. The second kappa shape index (κ2) is 6.53. The summed E-state index contributed by atoms with van der Waals surface area (Å²) in [7, 11) is 0. The van der Waals surface area contributed by atoms with E-state index in [9.17, 15) is 9.18 Å². The number of aromatic nitrogens is 3. The average molecular weight is 313 g/mol. The Labute approximate surface area is 131 Å². The van der Waals surface area contributed by atoms with Gasteiger partial charge < -0.3 is 0 Å². The van der Waals surface area contributed by atoms with Gasteiger partial charge in [0, 0.05) is 15.4 Å². The Bertz CT molecular complexity index is 745. The lowest BCUT2D eigenvalue weighted by atomic mass is 10.1. The summed E-state index contributed by atoms with van der Waals surface area (Å²) in [5.74, 6) is -0.637. The van der Waals surface area contributed by atoms with Crippen molar-refractivity contribution in [3.05, 3.63) is 72.8 Å². The van der Waals surface area contributed by atoms with Gasteiger partial charge in [-0.2, -0.15) is 5.10 Å². The highest BCUT2D eigenvalue weighted by Crippen LogP contribution is 2.28. The Hall–Kier alpha value is -2.47. The second-order valence-electron chi connectivity index (χ2n) is 4.52. The summed E-state index contributed by atoms with van der Waals surface area (Å²) in [5, 5.41) is 3.64. The number of Topliss-reactive ketones (excluding diaryl/α,β-unsaturated/α-hetero) is 1. The number of benzene rings is 2. The highest BCUT2D eigenvalue weighted by atomic mass is 32.2. The van der Waals surface area contributed by atoms with E-state index < -0.39 is 12.1 Å². The molecule has 1 heterocycles. The van der Waals surface area contributed by atoms with Gasteiger partial charge in [-0.1, -0.05) is 42.1 Å². The van der Waals surface area contributed by atoms with Crippen LogP contribution in [0, 0.1) is 0 Å². The molecule has 0 bridgehead atoms. The molecule has 0 radical (unpaired) electrons. The van der Waals surface area contributed by atoms with Crippen LogP contribution in [0.1, 0.15) is 16.7 Å². The van der Waals surface area contributed by atoms with E-state index in [-0.39, 0.29) is 0 Å². The summed E-state index contributed by atoms with van der Waals surface area (Å²) in [6.07, 6.45) is 0.525. The van der Waals surface area contributed by atoms with E-state index in [1.54, 1.807) is 36.0 Å². The number of rotatable bonds is 5. The van der Waals surface area contributed by atoms with Crippen LogP contribution in [0.5, 0.6) is 0 Å². The summed E-state index contributed by atoms with van der Waals surface area (Å²) in [6, 6.07) is 16.7. The summed E-state index contributed by atoms with van der Waals surface area (Å²) >= 11 is 1.58. The summed E-state index contributed by atoms with van der Waals surface area (Å²) < 4.78 is 14.9. The number of carbonyl (C=O) groups is 1. The van der Waals surface area contributed by atoms with Gasteiger partial charge in [0.25, 0.3) is 6.30 Å². The molecule has 0 aliphatic carbocycles. The zero-order valence-electron chi connectivity index (χ0n) is 11.5. The lowest BCUT2D eigenvalue weighted by Gasteiger charge is -2.08. The highest BCUT2D eigenvalue weighted by molar-refractivity contribution is 7.99. The summed E-state index contributed by atoms with van der Waals surface area (Å²) in [5.41, 5.74) is 0.306. The van der Waals surface area contributed by atoms with Crippen molar-refractivity contribution >= 4 is 17.5 Å². The van der Waals surface area contributed by atoms with Crippen molar-refractivity contribution in [2.45, 2.75) is 16.1 Å². The van der Waals surface area contributed by atoms with E-state index in [2.05, 4.69) is 10.1 Å². The van der Waals surface area contributed by atoms with Gasteiger partial charge in [-0.25, -0.2) is 14.1 Å². The zero-order chi connectivity index (χ0) is 15.4. The van der Waals surface area contributed by atoms with E-state index in [0.717, 1.165) is 14.5 Å². The van der Waals surface area contributed by atoms with Crippen LogP contribution < -0.4 is 0 Å². The maximum absolute atomic E-state index is 14.0. The molecule has 0 fully saturated rings. The third-order valence-electron chi connectivity index (χ3n) is 3.00. The molecule has 1 atom stereocenters. The Morgan fingerprint density at radius 1 is 1.05 bits per heavy atom. The number of carbonyl (C=O) groups excluding carboxylic acids is 1. The predicted molar refractivity (Wildman–Crippen MR) is 81.5 cm³/mol. The first kappa shape index (κ1) is 14.5. The molecule has 0 aliphatic rings. The van der Waals surface area contributed by atoms with Crippen molar-refractivity contribution in [2.24, 2.45) is 0 Å². The first-order valence-electron chi connectivity index (χ1n) is 6.59. The minimum Gasteiger partial charge on any atom is -0.289 e. The Balaban J connectivity index is 1.72. The lowest BCUT2D eigenvalue weighted by molar-refractivity contribution is 0.0778. The van der Waals surface area contributed by atoms with Gasteiger partial charge in [0.1, 0.15) is 12.7 Å². The zero-order valence-corrected chi connectivity index (χ0v) is 12.3. The molecule has 0 amide bonds. The fourth-order valence-electron chi connectivity index (χ4n) is 1.90. The molecule has 1 unspecified atom stereocenters. The number of alkyl halides is 1. The molecule has 3 rings (SSSR count). The van der Waals surface area contributed by atoms with Crippen LogP contribution >= 0.6 is 11.8 Å². The minimum atomic E-state index is -1.85. The molecule has 1 aromatic heterocycles. The van der Waals surface area contributed by atoms with Gasteiger partial charge >= 0.3 is 0 Å². The van der Waals surface area contributed by atoms with E-state index in [1.165, 1.54) is 12.7 Å². The molecule has 4 nitrogen and oxygen atoms in total. The quantitative estimate of drug-likeness (QED) is 0.673. The monoisotopic (exact) mass is 313 g/mol. The Kier molecular flexibility index (Phi) is 4.29. The average Bonchev–Trinajstić information content (AvgIpc) is 3.10. The van der Waals surface area contributed by atoms with E-state index in [4.69, 9.17) is 0 Å². The SMILES string of the molecule is O=C(c1ccc(Sc2ccccc2)cc1)C(F)n1cncn1. The fourth-order valence-corrected chi connectivity index (χ4v) is 2.74. The molecule has 3 aromatic rings. The minimum absolute atomic E-state index is 0.306. The first-order valence-corrected chi connectivity index (χ1v) is 7.41. The Morgan fingerprint density at radius 3 is 2.36 bits per heavy atom. The molecule has 2 aromatic carbocycles. The molecular weight excluding hydrogens is 301 g/mol. The normalized spacial score (nSPS) is 12.0. The van der Waals surface area contributed by atoms with Crippen molar-refractivity contribution in [3.8, 4) is 0 Å². The van der Waals surface area contributed by atoms with Gasteiger partial charge in [0.2, 0.25) is 5.78 Å². The van der Waals surface area contributed by atoms with Crippen molar-refractivity contribution in [2.75, 3.05) is 0 Å². The van der Waals surface area contributed by atoms with E-state index in [1.807, 2.05) is 30.3 Å². The number of halogens is 1. The molecule has 6 heteroatoms. The summed E-state index contributed by atoms with van der Waals surface area (Å²) in [4.78, 5) is 17.8. The summed E-state index contributed by atoms with van der Waals surface area (Å²) in [6.45, 7) is 0. The molecule has 0 saturated heterocycles. The molecule has 0 spiro atoms. The van der Waals surface area contributed by atoms with Crippen molar-refractivity contribution in [1.29, 1.82) is 0 Å². The number of hydrogen-bond acceptors (Lipinski definition) is 4. The predicted octanol–water partition coefficient (Wildman–Crippen LogP) is 3.78. The maximum atomic E-state index is 14.0. The number of ketones is 1. The molecule has 0 aliphatic heterocycles. The second-order valence-corrected chi connectivity index (χ2v) is 5.66. The van der Waals surface area contributed by atoms with Crippen LogP contribution in [0.25, 0.3) is 0 Å². The lowest BCUT2D eigenvalue weighted by Crippen LogP contribution is -2.15. The van der Waals surface area contributed by atoms with Crippen molar-refractivity contribution in [1.82, 2.24) is 14.8 Å². The molecule has 22 heavy (non-hydrogen) atoms. The third kappa shape index (κ3) is 3.23. The first-order chi connectivity index (χ1) is 10.7. The van der Waals surface area contributed by atoms with E-state index >= 15 is 0 Å².